The van der Waals surface area contributed by atoms with Crippen LogP contribution < -0.4 is 5.73 Å². The van der Waals surface area contributed by atoms with Crippen LogP contribution in [-0.2, 0) is 11.3 Å². The molecule has 2 N–H and O–H groups in total. The minimum atomic E-state index is -0.140. The first kappa shape index (κ1) is 12.1. The SMILES string of the molecule is NC(=O)C1CCN(Cc2ccc(Br)s2)CC1. The smallest absolute Gasteiger partial charge is 0.220 e. The van der Waals surface area contributed by atoms with Gasteiger partial charge in [0.15, 0.2) is 0 Å². The maximum atomic E-state index is 11.0. The molecule has 0 atom stereocenters. The first-order valence-electron chi connectivity index (χ1n) is 5.41. The molecule has 1 aromatic heterocycles. The number of carbonyl (C=O) groups excluding carboxylic acids is 1. The molecule has 5 heteroatoms. The standard InChI is InChI=1S/C11H15BrN2OS/c12-10-2-1-9(16-10)7-14-5-3-8(4-6-14)11(13)15/h1-2,8H,3-7H2,(H2,13,15). The zero-order valence-corrected chi connectivity index (χ0v) is 11.4. The lowest BCUT2D eigenvalue weighted by molar-refractivity contribution is -0.123. The highest BCUT2D eigenvalue weighted by Gasteiger charge is 2.23. The fourth-order valence-corrected chi connectivity index (χ4v) is 3.56. The highest BCUT2D eigenvalue weighted by atomic mass is 79.9. The van der Waals surface area contributed by atoms with Crippen molar-refractivity contribution >= 4 is 33.2 Å². The van der Waals surface area contributed by atoms with Crippen molar-refractivity contribution in [3.05, 3.63) is 20.8 Å². The number of hydrogen-bond acceptors (Lipinski definition) is 3. The van der Waals surface area contributed by atoms with Crippen molar-refractivity contribution < 1.29 is 4.79 Å². The average molecular weight is 303 g/mol. The van der Waals surface area contributed by atoms with Crippen LogP contribution in [0.1, 0.15) is 17.7 Å². The summed E-state index contributed by atoms with van der Waals surface area (Å²) in [5.41, 5.74) is 5.31. The molecule has 1 fully saturated rings. The predicted molar refractivity (Wildman–Crippen MR) is 69.2 cm³/mol. The normalized spacial score (nSPS) is 18.8. The first-order chi connectivity index (χ1) is 7.65. The molecule has 88 valence electrons. The van der Waals surface area contributed by atoms with Gasteiger partial charge in [0.1, 0.15) is 0 Å². The van der Waals surface area contributed by atoms with E-state index in [0.717, 1.165) is 32.5 Å². The molecule has 0 radical (unpaired) electrons. The number of hydrogen-bond donors (Lipinski definition) is 1. The van der Waals surface area contributed by atoms with Crippen molar-refractivity contribution in [1.82, 2.24) is 4.90 Å². The summed E-state index contributed by atoms with van der Waals surface area (Å²) < 4.78 is 1.18. The van der Waals surface area contributed by atoms with Crippen LogP contribution in [0.4, 0.5) is 0 Å². The summed E-state index contributed by atoms with van der Waals surface area (Å²) in [6.45, 7) is 2.94. The summed E-state index contributed by atoms with van der Waals surface area (Å²) in [5.74, 6) is -0.0511. The molecule has 1 aliphatic heterocycles. The van der Waals surface area contributed by atoms with Gasteiger partial charge in [-0.15, -0.1) is 11.3 Å². The largest absolute Gasteiger partial charge is 0.369 e. The quantitative estimate of drug-likeness (QED) is 0.930. The topological polar surface area (TPSA) is 46.3 Å². The van der Waals surface area contributed by atoms with Gasteiger partial charge >= 0.3 is 0 Å². The fraction of sp³-hybridized carbons (Fsp3) is 0.545. The van der Waals surface area contributed by atoms with Gasteiger partial charge in [-0.2, -0.15) is 0 Å². The van der Waals surface area contributed by atoms with E-state index in [2.05, 4.69) is 33.0 Å². The molecule has 1 saturated heterocycles. The van der Waals surface area contributed by atoms with Crippen LogP contribution in [-0.4, -0.2) is 23.9 Å². The first-order valence-corrected chi connectivity index (χ1v) is 7.02. The Bertz CT molecular complexity index is 372. The molecule has 2 heterocycles. The molecule has 16 heavy (non-hydrogen) atoms. The van der Waals surface area contributed by atoms with Crippen molar-refractivity contribution in [2.75, 3.05) is 13.1 Å². The molecule has 0 spiro atoms. The van der Waals surface area contributed by atoms with Crippen LogP contribution in [0.3, 0.4) is 0 Å². The second kappa shape index (κ2) is 5.29. The molecule has 0 aliphatic carbocycles. The molecule has 1 amide bonds. The Morgan fingerprint density at radius 3 is 2.69 bits per heavy atom. The molecule has 0 bridgehead atoms. The van der Waals surface area contributed by atoms with Crippen LogP contribution in [0.25, 0.3) is 0 Å². The zero-order valence-electron chi connectivity index (χ0n) is 8.99. The molecule has 1 aromatic rings. The number of carbonyl (C=O) groups is 1. The summed E-state index contributed by atoms with van der Waals surface area (Å²) in [6, 6.07) is 4.23. The van der Waals surface area contributed by atoms with Gasteiger partial charge in [0.25, 0.3) is 0 Å². The predicted octanol–water partition coefficient (Wildman–Crippen LogP) is 2.21. The summed E-state index contributed by atoms with van der Waals surface area (Å²) in [4.78, 5) is 14.8. The molecule has 3 nitrogen and oxygen atoms in total. The van der Waals surface area contributed by atoms with Gasteiger partial charge in [0, 0.05) is 17.3 Å². The highest BCUT2D eigenvalue weighted by molar-refractivity contribution is 9.11. The van der Waals surface area contributed by atoms with Gasteiger partial charge in [-0.25, -0.2) is 0 Å². The van der Waals surface area contributed by atoms with Crippen LogP contribution in [0.5, 0.6) is 0 Å². The van der Waals surface area contributed by atoms with Crippen molar-refractivity contribution in [1.29, 1.82) is 0 Å². The van der Waals surface area contributed by atoms with Gasteiger partial charge in [-0.05, 0) is 54.0 Å². The van der Waals surface area contributed by atoms with E-state index >= 15 is 0 Å². The summed E-state index contributed by atoms with van der Waals surface area (Å²) >= 11 is 5.24. The Balaban J connectivity index is 1.83. The third-order valence-electron chi connectivity index (χ3n) is 3.00. The highest BCUT2D eigenvalue weighted by Crippen LogP contribution is 2.25. The lowest BCUT2D eigenvalue weighted by Gasteiger charge is -2.29. The van der Waals surface area contributed by atoms with Crippen LogP contribution in [0.15, 0.2) is 15.9 Å². The average Bonchev–Trinajstić information content (AvgIpc) is 2.65. The number of halogens is 1. The number of primary amides is 1. The van der Waals surface area contributed by atoms with E-state index in [1.807, 2.05) is 0 Å². The third kappa shape index (κ3) is 3.06. The van der Waals surface area contributed by atoms with E-state index in [9.17, 15) is 4.79 Å². The molecule has 0 aromatic carbocycles. The van der Waals surface area contributed by atoms with Crippen molar-refractivity contribution in [3.8, 4) is 0 Å². The van der Waals surface area contributed by atoms with Gasteiger partial charge in [0.05, 0.1) is 3.79 Å². The number of nitrogens with zero attached hydrogens (tertiary/aromatic N) is 1. The molecule has 1 aliphatic rings. The molecule has 2 rings (SSSR count). The van der Waals surface area contributed by atoms with E-state index in [0.29, 0.717) is 0 Å². The van der Waals surface area contributed by atoms with Crippen LogP contribution in [0.2, 0.25) is 0 Å². The molecular formula is C11H15BrN2OS. The molecular weight excluding hydrogens is 288 g/mol. The van der Waals surface area contributed by atoms with Crippen molar-refractivity contribution in [2.45, 2.75) is 19.4 Å². The van der Waals surface area contributed by atoms with Gasteiger partial charge < -0.3 is 5.73 Å². The van der Waals surface area contributed by atoms with Gasteiger partial charge in [-0.3, -0.25) is 9.69 Å². The number of amides is 1. The van der Waals surface area contributed by atoms with Crippen molar-refractivity contribution in [3.63, 3.8) is 0 Å². The van der Waals surface area contributed by atoms with E-state index < -0.39 is 0 Å². The lowest BCUT2D eigenvalue weighted by Crippen LogP contribution is -2.37. The summed E-state index contributed by atoms with van der Waals surface area (Å²) in [6.07, 6.45) is 1.81. The Kier molecular flexibility index (Phi) is 4.00. The Hall–Kier alpha value is -0.390. The van der Waals surface area contributed by atoms with E-state index in [4.69, 9.17) is 5.73 Å². The molecule has 0 unspecified atom stereocenters. The second-order valence-electron chi connectivity index (χ2n) is 4.16. The Labute approximate surface area is 108 Å². The van der Waals surface area contributed by atoms with E-state index in [1.165, 1.54) is 8.66 Å². The Morgan fingerprint density at radius 2 is 2.19 bits per heavy atom. The monoisotopic (exact) mass is 302 g/mol. The maximum Gasteiger partial charge on any atom is 0.220 e. The Morgan fingerprint density at radius 1 is 1.50 bits per heavy atom. The lowest BCUT2D eigenvalue weighted by atomic mass is 9.96. The number of likely N-dealkylation sites (tertiary alicyclic amines) is 1. The number of piperidine rings is 1. The summed E-state index contributed by atoms with van der Waals surface area (Å²) in [7, 11) is 0. The van der Waals surface area contributed by atoms with Gasteiger partial charge in [0.2, 0.25) is 5.91 Å². The van der Waals surface area contributed by atoms with E-state index in [-0.39, 0.29) is 11.8 Å². The fourth-order valence-electron chi connectivity index (χ4n) is 2.03. The van der Waals surface area contributed by atoms with Crippen molar-refractivity contribution in [2.24, 2.45) is 11.7 Å². The zero-order chi connectivity index (χ0) is 11.5. The number of thiophene rings is 1. The minimum absolute atomic E-state index is 0.0892. The number of nitrogens with two attached hydrogens (primary N) is 1. The summed E-state index contributed by atoms with van der Waals surface area (Å²) in [5, 5.41) is 0. The minimum Gasteiger partial charge on any atom is -0.369 e. The van der Waals surface area contributed by atoms with Crippen LogP contribution >= 0.6 is 27.3 Å². The van der Waals surface area contributed by atoms with E-state index in [1.54, 1.807) is 11.3 Å². The van der Waals surface area contributed by atoms with Gasteiger partial charge in [-0.1, -0.05) is 0 Å². The maximum absolute atomic E-state index is 11.0. The van der Waals surface area contributed by atoms with Crippen LogP contribution in [0, 0.1) is 5.92 Å². The second-order valence-corrected chi connectivity index (χ2v) is 6.71. The molecule has 0 saturated carbocycles. The number of rotatable bonds is 3. The third-order valence-corrected chi connectivity index (χ3v) is 4.61.